The van der Waals surface area contributed by atoms with E-state index in [1.807, 2.05) is 24.3 Å². The molecular weight excluding hydrogens is 208 g/mol. The van der Waals surface area contributed by atoms with Crippen LogP contribution in [0.4, 0.5) is 5.69 Å². The van der Waals surface area contributed by atoms with Gasteiger partial charge in [0.15, 0.2) is 0 Å². The molecule has 2 nitrogen and oxygen atoms in total. The Morgan fingerprint density at radius 3 is 2.67 bits per heavy atom. The molecule has 1 N–H and O–H groups in total. The topological polar surface area (TPSA) is 15.3 Å². The zero-order valence-electron chi connectivity index (χ0n) is 9.46. The van der Waals surface area contributed by atoms with Gasteiger partial charge in [0.05, 0.1) is 10.7 Å². The summed E-state index contributed by atoms with van der Waals surface area (Å²) in [5.41, 5.74) is 1.02. The van der Waals surface area contributed by atoms with Gasteiger partial charge >= 0.3 is 0 Å². The van der Waals surface area contributed by atoms with Crippen molar-refractivity contribution in [2.45, 2.75) is 13.3 Å². The first-order valence-electron chi connectivity index (χ1n) is 5.41. The van der Waals surface area contributed by atoms with Gasteiger partial charge in [-0.1, -0.05) is 30.7 Å². The predicted molar refractivity (Wildman–Crippen MR) is 67.7 cm³/mol. The number of hydrogen-bond acceptors (Lipinski definition) is 2. The normalized spacial score (nSPS) is 10.7. The molecule has 0 aliphatic heterocycles. The molecule has 1 rings (SSSR count). The molecule has 0 atom stereocenters. The summed E-state index contributed by atoms with van der Waals surface area (Å²) in [6, 6.07) is 7.84. The van der Waals surface area contributed by atoms with E-state index in [1.165, 1.54) is 6.42 Å². The Morgan fingerprint density at radius 1 is 1.27 bits per heavy atom. The maximum Gasteiger partial charge on any atom is 0.0637 e. The highest BCUT2D eigenvalue weighted by Crippen LogP contribution is 2.19. The number of nitrogens with zero attached hydrogens (tertiary/aromatic N) is 1. The van der Waals surface area contributed by atoms with E-state index in [0.717, 1.165) is 30.3 Å². The molecule has 0 spiro atoms. The zero-order valence-corrected chi connectivity index (χ0v) is 10.2. The molecule has 3 heteroatoms. The fraction of sp³-hybridized carbons (Fsp3) is 0.500. The summed E-state index contributed by atoms with van der Waals surface area (Å²) in [5, 5.41) is 4.12. The molecule has 0 fully saturated rings. The second-order valence-electron chi connectivity index (χ2n) is 3.71. The second-order valence-corrected chi connectivity index (χ2v) is 4.12. The smallest absolute Gasteiger partial charge is 0.0637 e. The third-order valence-corrected chi connectivity index (χ3v) is 2.62. The maximum atomic E-state index is 6.02. The van der Waals surface area contributed by atoms with Crippen molar-refractivity contribution >= 4 is 17.3 Å². The van der Waals surface area contributed by atoms with Crippen molar-refractivity contribution in [3.8, 4) is 0 Å². The SMILES string of the molecule is CCCN(C)CCNc1ccccc1Cl. The predicted octanol–water partition coefficient (Wildman–Crippen LogP) is 3.09. The standard InChI is InChI=1S/C12H19ClN2/c1-3-9-15(2)10-8-14-12-7-5-4-6-11(12)13/h4-7,14H,3,8-10H2,1-2H3. The minimum absolute atomic E-state index is 0.788. The first-order valence-corrected chi connectivity index (χ1v) is 5.78. The van der Waals surface area contributed by atoms with Gasteiger partial charge in [-0.25, -0.2) is 0 Å². The lowest BCUT2D eigenvalue weighted by atomic mass is 10.3. The summed E-state index contributed by atoms with van der Waals surface area (Å²) in [4.78, 5) is 2.31. The highest BCUT2D eigenvalue weighted by atomic mass is 35.5. The van der Waals surface area contributed by atoms with Gasteiger partial charge in [0.25, 0.3) is 0 Å². The summed E-state index contributed by atoms with van der Waals surface area (Å²) in [7, 11) is 2.14. The minimum Gasteiger partial charge on any atom is -0.383 e. The van der Waals surface area contributed by atoms with E-state index in [2.05, 4.69) is 24.2 Å². The van der Waals surface area contributed by atoms with Crippen LogP contribution in [0.2, 0.25) is 5.02 Å². The Kier molecular flexibility index (Phi) is 5.51. The lowest BCUT2D eigenvalue weighted by Gasteiger charge is -2.16. The van der Waals surface area contributed by atoms with Gasteiger partial charge in [0.2, 0.25) is 0 Å². The summed E-state index contributed by atoms with van der Waals surface area (Å²) < 4.78 is 0. The molecule has 0 heterocycles. The Labute approximate surface area is 97.2 Å². The monoisotopic (exact) mass is 226 g/mol. The average Bonchev–Trinajstić information content (AvgIpc) is 2.21. The van der Waals surface area contributed by atoms with Gasteiger partial charge in [-0.3, -0.25) is 0 Å². The average molecular weight is 227 g/mol. The highest BCUT2D eigenvalue weighted by molar-refractivity contribution is 6.33. The maximum absolute atomic E-state index is 6.02. The number of hydrogen-bond donors (Lipinski definition) is 1. The van der Waals surface area contributed by atoms with Crippen molar-refractivity contribution in [3.63, 3.8) is 0 Å². The van der Waals surface area contributed by atoms with Gasteiger partial charge < -0.3 is 10.2 Å². The molecule has 0 saturated carbocycles. The van der Waals surface area contributed by atoms with Gasteiger partial charge in [0.1, 0.15) is 0 Å². The molecule has 0 radical (unpaired) electrons. The Morgan fingerprint density at radius 2 is 2.00 bits per heavy atom. The molecule has 1 aromatic carbocycles. The highest BCUT2D eigenvalue weighted by Gasteiger charge is 1.98. The number of para-hydroxylation sites is 1. The molecule has 0 unspecified atom stereocenters. The van der Waals surface area contributed by atoms with E-state index >= 15 is 0 Å². The van der Waals surface area contributed by atoms with Crippen LogP contribution < -0.4 is 5.32 Å². The van der Waals surface area contributed by atoms with Crippen molar-refractivity contribution in [2.24, 2.45) is 0 Å². The third-order valence-electron chi connectivity index (χ3n) is 2.29. The van der Waals surface area contributed by atoms with Gasteiger partial charge in [-0.05, 0) is 32.1 Å². The summed E-state index contributed by atoms with van der Waals surface area (Å²) >= 11 is 6.02. The summed E-state index contributed by atoms with van der Waals surface area (Å²) in [6.07, 6.45) is 1.20. The first kappa shape index (κ1) is 12.3. The quantitative estimate of drug-likeness (QED) is 0.802. The van der Waals surface area contributed by atoms with Gasteiger partial charge in [0, 0.05) is 13.1 Å². The summed E-state index contributed by atoms with van der Waals surface area (Å²) in [6.45, 7) is 5.31. The van der Waals surface area contributed by atoms with Crippen LogP contribution in [0.1, 0.15) is 13.3 Å². The van der Waals surface area contributed by atoms with Gasteiger partial charge in [-0.15, -0.1) is 0 Å². The minimum atomic E-state index is 0.788. The number of likely N-dealkylation sites (N-methyl/N-ethyl adjacent to an activating group) is 1. The zero-order chi connectivity index (χ0) is 11.1. The number of nitrogens with one attached hydrogen (secondary N) is 1. The molecule has 0 bridgehead atoms. The van der Waals surface area contributed by atoms with E-state index in [9.17, 15) is 0 Å². The molecule has 15 heavy (non-hydrogen) atoms. The molecule has 84 valence electrons. The van der Waals surface area contributed by atoms with Crippen molar-refractivity contribution < 1.29 is 0 Å². The molecule has 1 aromatic rings. The Bertz CT molecular complexity index is 289. The molecule has 0 aliphatic carbocycles. The Balaban J connectivity index is 2.29. The number of rotatable bonds is 6. The van der Waals surface area contributed by atoms with E-state index in [-0.39, 0.29) is 0 Å². The molecular formula is C12H19ClN2. The fourth-order valence-corrected chi connectivity index (χ4v) is 1.68. The van der Waals surface area contributed by atoms with E-state index in [4.69, 9.17) is 11.6 Å². The van der Waals surface area contributed by atoms with Crippen molar-refractivity contribution in [3.05, 3.63) is 29.3 Å². The molecule has 0 aliphatic rings. The fourth-order valence-electron chi connectivity index (χ4n) is 1.48. The lowest BCUT2D eigenvalue weighted by Crippen LogP contribution is -2.25. The molecule has 0 amide bonds. The first-order chi connectivity index (χ1) is 7.24. The summed E-state index contributed by atoms with van der Waals surface area (Å²) in [5.74, 6) is 0. The van der Waals surface area contributed by atoms with E-state index < -0.39 is 0 Å². The van der Waals surface area contributed by atoms with Crippen molar-refractivity contribution in [1.82, 2.24) is 4.90 Å². The second kappa shape index (κ2) is 6.70. The van der Waals surface area contributed by atoms with Crippen LogP contribution >= 0.6 is 11.6 Å². The van der Waals surface area contributed by atoms with Crippen LogP contribution in [-0.4, -0.2) is 31.6 Å². The van der Waals surface area contributed by atoms with Crippen LogP contribution in [0.25, 0.3) is 0 Å². The van der Waals surface area contributed by atoms with E-state index in [1.54, 1.807) is 0 Å². The van der Waals surface area contributed by atoms with Crippen LogP contribution in [0.5, 0.6) is 0 Å². The van der Waals surface area contributed by atoms with Crippen molar-refractivity contribution in [2.75, 3.05) is 32.0 Å². The Hall–Kier alpha value is -0.730. The van der Waals surface area contributed by atoms with Crippen LogP contribution in [0.15, 0.2) is 24.3 Å². The molecule has 0 saturated heterocycles. The van der Waals surface area contributed by atoms with Gasteiger partial charge in [-0.2, -0.15) is 0 Å². The van der Waals surface area contributed by atoms with Crippen molar-refractivity contribution in [1.29, 1.82) is 0 Å². The number of anilines is 1. The van der Waals surface area contributed by atoms with E-state index in [0.29, 0.717) is 0 Å². The van der Waals surface area contributed by atoms with Crippen LogP contribution in [-0.2, 0) is 0 Å². The lowest BCUT2D eigenvalue weighted by molar-refractivity contribution is 0.348. The molecule has 0 aromatic heterocycles. The number of halogens is 1. The van der Waals surface area contributed by atoms with Crippen LogP contribution in [0, 0.1) is 0 Å². The largest absolute Gasteiger partial charge is 0.383 e. The third kappa shape index (κ3) is 4.54. The van der Waals surface area contributed by atoms with Crippen LogP contribution in [0.3, 0.4) is 0 Å². The number of benzene rings is 1.